The lowest BCUT2D eigenvalue weighted by atomic mass is 9.94. The van der Waals surface area contributed by atoms with Crippen molar-refractivity contribution in [1.82, 2.24) is 0 Å². The molecule has 1 rings (SSSR count). The fourth-order valence-electron chi connectivity index (χ4n) is 1.14. The van der Waals surface area contributed by atoms with Crippen molar-refractivity contribution in [2.24, 2.45) is 0 Å². The van der Waals surface area contributed by atoms with Crippen molar-refractivity contribution >= 4 is 11.3 Å². The van der Waals surface area contributed by atoms with Crippen LogP contribution in [-0.2, 0) is 11.8 Å². The normalized spacial score (nSPS) is 16.7. The van der Waals surface area contributed by atoms with Crippen LogP contribution < -0.4 is 0 Å². The number of hydrogen-bond donors (Lipinski definition) is 1. The van der Waals surface area contributed by atoms with E-state index in [9.17, 15) is 18.3 Å². The second-order valence-electron chi connectivity index (χ2n) is 3.29. The molecule has 0 fully saturated rings. The molecule has 0 radical (unpaired) electrons. The van der Waals surface area contributed by atoms with Gasteiger partial charge in [-0.05, 0) is 24.8 Å². The van der Waals surface area contributed by atoms with Gasteiger partial charge in [0.25, 0.3) is 0 Å². The molecule has 14 heavy (non-hydrogen) atoms. The number of alkyl halides is 3. The lowest BCUT2D eigenvalue weighted by molar-refractivity contribution is -0.137. The average Bonchev–Trinajstić information content (AvgIpc) is 2.51. The molecule has 1 heterocycles. The average molecular weight is 224 g/mol. The first-order valence-corrected chi connectivity index (χ1v) is 5.04. The molecule has 1 atom stereocenters. The largest absolute Gasteiger partial charge is 0.425 e. The summed E-state index contributed by atoms with van der Waals surface area (Å²) in [5.74, 6) is 0. The Bertz CT molecular complexity index is 314. The summed E-state index contributed by atoms with van der Waals surface area (Å²) < 4.78 is 37.3. The third kappa shape index (κ3) is 2.09. The van der Waals surface area contributed by atoms with Gasteiger partial charge < -0.3 is 5.11 Å². The molecule has 0 amide bonds. The summed E-state index contributed by atoms with van der Waals surface area (Å²) in [5, 5.41) is 11.1. The molecule has 80 valence electrons. The van der Waals surface area contributed by atoms with Crippen LogP contribution in [0.4, 0.5) is 13.2 Å². The van der Waals surface area contributed by atoms with Crippen LogP contribution in [0.15, 0.2) is 11.4 Å². The van der Waals surface area contributed by atoms with Crippen molar-refractivity contribution in [2.75, 3.05) is 0 Å². The molecule has 0 aliphatic heterocycles. The first-order chi connectivity index (χ1) is 6.29. The minimum Gasteiger partial charge on any atom is -0.385 e. The molecular weight excluding hydrogens is 213 g/mol. The van der Waals surface area contributed by atoms with Crippen LogP contribution in [-0.4, -0.2) is 5.11 Å². The van der Waals surface area contributed by atoms with E-state index in [-0.39, 0.29) is 12.0 Å². The highest BCUT2D eigenvalue weighted by Gasteiger charge is 2.39. The second kappa shape index (κ2) is 3.55. The first-order valence-electron chi connectivity index (χ1n) is 4.16. The number of rotatable bonds is 2. The molecule has 1 nitrogen and oxygen atoms in total. The number of aliphatic hydroxyl groups is 1. The molecule has 5 heteroatoms. The Hall–Kier alpha value is -0.550. The predicted molar refractivity (Wildman–Crippen MR) is 49.2 cm³/mol. The Morgan fingerprint density at radius 2 is 2.00 bits per heavy atom. The maximum atomic E-state index is 12.4. The number of halogens is 3. The van der Waals surface area contributed by atoms with Gasteiger partial charge in [0.15, 0.2) is 0 Å². The Labute approximate surface area is 84.2 Å². The zero-order valence-electron chi connectivity index (χ0n) is 7.85. The van der Waals surface area contributed by atoms with E-state index in [1.54, 1.807) is 6.92 Å². The van der Waals surface area contributed by atoms with Crippen molar-refractivity contribution in [3.05, 3.63) is 21.9 Å². The first kappa shape index (κ1) is 11.5. The second-order valence-corrected chi connectivity index (χ2v) is 4.20. The lowest BCUT2D eigenvalue weighted by Crippen LogP contribution is -2.22. The van der Waals surface area contributed by atoms with Gasteiger partial charge >= 0.3 is 6.18 Å². The number of hydrogen-bond acceptors (Lipinski definition) is 2. The lowest BCUT2D eigenvalue weighted by Gasteiger charge is -2.22. The molecule has 0 bridgehead atoms. The smallest absolute Gasteiger partial charge is 0.385 e. The summed E-state index contributed by atoms with van der Waals surface area (Å²) in [5.41, 5.74) is -1.43. The molecule has 1 N–H and O–H groups in total. The van der Waals surface area contributed by atoms with Crippen LogP contribution >= 0.6 is 11.3 Å². The Kier molecular flexibility index (Phi) is 2.92. The van der Waals surface area contributed by atoms with Crippen molar-refractivity contribution < 1.29 is 18.3 Å². The van der Waals surface area contributed by atoms with Gasteiger partial charge in [-0.25, -0.2) is 0 Å². The highest BCUT2D eigenvalue weighted by Crippen LogP contribution is 2.41. The summed E-state index contributed by atoms with van der Waals surface area (Å²) in [6, 6.07) is 1.33. The Morgan fingerprint density at radius 3 is 2.43 bits per heavy atom. The SMILES string of the molecule is CCC(C)(O)c1ccsc1C(F)(F)F. The van der Waals surface area contributed by atoms with Crippen molar-refractivity contribution in [3.63, 3.8) is 0 Å². The molecular formula is C9H11F3OS. The molecule has 0 saturated heterocycles. The van der Waals surface area contributed by atoms with Crippen LogP contribution in [0.1, 0.15) is 30.7 Å². The molecule has 0 spiro atoms. The van der Waals surface area contributed by atoms with E-state index in [1.807, 2.05) is 0 Å². The fraction of sp³-hybridized carbons (Fsp3) is 0.556. The van der Waals surface area contributed by atoms with Gasteiger partial charge in [-0.1, -0.05) is 6.92 Å². The molecule has 0 aliphatic carbocycles. The van der Waals surface area contributed by atoms with Crippen LogP contribution in [0.2, 0.25) is 0 Å². The van der Waals surface area contributed by atoms with E-state index >= 15 is 0 Å². The quantitative estimate of drug-likeness (QED) is 0.816. The molecule has 1 unspecified atom stereocenters. The Morgan fingerprint density at radius 1 is 1.43 bits per heavy atom. The highest BCUT2D eigenvalue weighted by molar-refractivity contribution is 7.10. The standard InChI is InChI=1S/C9H11F3OS/c1-3-8(2,13)6-4-5-14-7(6)9(10,11)12/h4-5,13H,3H2,1-2H3. The van der Waals surface area contributed by atoms with Crippen LogP contribution in [0.3, 0.4) is 0 Å². The predicted octanol–water partition coefficient (Wildman–Crippen LogP) is 3.38. The topological polar surface area (TPSA) is 20.2 Å². The van der Waals surface area contributed by atoms with Gasteiger partial charge in [0.05, 0.1) is 5.60 Å². The van der Waals surface area contributed by atoms with Gasteiger partial charge in [0.2, 0.25) is 0 Å². The van der Waals surface area contributed by atoms with Crippen molar-refractivity contribution in [2.45, 2.75) is 32.0 Å². The monoisotopic (exact) mass is 224 g/mol. The van der Waals surface area contributed by atoms with E-state index in [0.717, 1.165) is 0 Å². The van der Waals surface area contributed by atoms with Gasteiger partial charge in [-0.3, -0.25) is 0 Å². The molecule has 1 aromatic rings. The fourth-order valence-corrected chi connectivity index (χ4v) is 2.03. The molecule has 1 aromatic heterocycles. The van der Waals surface area contributed by atoms with Gasteiger partial charge in [-0.2, -0.15) is 13.2 Å². The summed E-state index contributed by atoms with van der Waals surface area (Å²) in [6.45, 7) is 3.04. The van der Waals surface area contributed by atoms with E-state index in [0.29, 0.717) is 11.3 Å². The van der Waals surface area contributed by atoms with E-state index in [4.69, 9.17) is 0 Å². The Balaban J connectivity index is 3.18. The third-order valence-corrected chi connectivity index (χ3v) is 3.15. The highest BCUT2D eigenvalue weighted by atomic mass is 32.1. The van der Waals surface area contributed by atoms with Crippen LogP contribution in [0.5, 0.6) is 0 Å². The molecule has 0 aliphatic rings. The summed E-state index contributed by atoms with van der Waals surface area (Å²) >= 11 is 0.614. The maximum Gasteiger partial charge on any atom is 0.425 e. The van der Waals surface area contributed by atoms with Gasteiger partial charge in [0, 0.05) is 5.56 Å². The van der Waals surface area contributed by atoms with Crippen LogP contribution in [0, 0.1) is 0 Å². The summed E-state index contributed by atoms with van der Waals surface area (Å²) in [7, 11) is 0. The summed E-state index contributed by atoms with van der Waals surface area (Å²) in [6.07, 6.45) is -4.12. The molecule has 0 saturated carbocycles. The number of thiophene rings is 1. The van der Waals surface area contributed by atoms with Gasteiger partial charge in [0.1, 0.15) is 4.88 Å². The maximum absolute atomic E-state index is 12.4. The van der Waals surface area contributed by atoms with Gasteiger partial charge in [-0.15, -0.1) is 11.3 Å². The van der Waals surface area contributed by atoms with Crippen molar-refractivity contribution in [3.8, 4) is 0 Å². The molecule has 0 aromatic carbocycles. The van der Waals surface area contributed by atoms with Crippen LogP contribution in [0.25, 0.3) is 0 Å². The van der Waals surface area contributed by atoms with Crippen molar-refractivity contribution in [1.29, 1.82) is 0 Å². The third-order valence-electron chi connectivity index (χ3n) is 2.19. The van der Waals surface area contributed by atoms with E-state index in [1.165, 1.54) is 18.4 Å². The zero-order chi connectivity index (χ0) is 11.0. The minimum atomic E-state index is -4.37. The van der Waals surface area contributed by atoms with E-state index in [2.05, 4.69) is 0 Å². The van der Waals surface area contributed by atoms with E-state index < -0.39 is 16.7 Å². The summed E-state index contributed by atoms with van der Waals surface area (Å²) in [4.78, 5) is -0.704. The zero-order valence-corrected chi connectivity index (χ0v) is 8.67. The minimum absolute atomic E-state index is 0.0301.